The van der Waals surface area contributed by atoms with E-state index in [4.69, 9.17) is 21.6 Å². The third kappa shape index (κ3) is 4.99. The van der Waals surface area contributed by atoms with Crippen LogP contribution in [0.5, 0.6) is 5.75 Å². The molecule has 3 atom stereocenters. The summed E-state index contributed by atoms with van der Waals surface area (Å²) in [7, 11) is 0. The van der Waals surface area contributed by atoms with Crippen LogP contribution in [0.3, 0.4) is 0 Å². The van der Waals surface area contributed by atoms with E-state index in [1.54, 1.807) is 24.3 Å². The van der Waals surface area contributed by atoms with Crippen LogP contribution in [0.15, 0.2) is 42.5 Å². The molecule has 1 aliphatic heterocycles. The van der Waals surface area contributed by atoms with Gasteiger partial charge in [-0.3, -0.25) is 5.32 Å². The number of nitriles is 1. The van der Waals surface area contributed by atoms with Gasteiger partial charge >= 0.3 is 12.4 Å². The van der Waals surface area contributed by atoms with Crippen molar-refractivity contribution in [3.63, 3.8) is 0 Å². The van der Waals surface area contributed by atoms with Crippen LogP contribution in [0.1, 0.15) is 29.0 Å². The third-order valence-corrected chi connectivity index (χ3v) is 5.12. The molecule has 0 aromatic heterocycles. The van der Waals surface area contributed by atoms with Crippen molar-refractivity contribution in [2.75, 3.05) is 6.61 Å². The highest BCUT2D eigenvalue weighted by Crippen LogP contribution is 2.42. The summed E-state index contributed by atoms with van der Waals surface area (Å²) in [5, 5.41) is 11.8. The number of nitrogens with one attached hydrogen (secondary N) is 1. The maximum Gasteiger partial charge on any atom is 0.417 e. The van der Waals surface area contributed by atoms with E-state index in [1.807, 2.05) is 0 Å². The molecule has 1 saturated heterocycles. The van der Waals surface area contributed by atoms with Crippen molar-refractivity contribution in [3.05, 3.63) is 64.2 Å². The van der Waals surface area contributed by atoms with Gasteiger partial charge in [-0.1, -0.05) is 17.7 Å². The molecule has 1 aliphatic rings. The van der Waals surface area contributed by atoms with Crippen molar-refractivity contribution >= 4 is 11.6 Å². The summed E-state index contributed by atoms with van der Waals surface area (Å²) in [6, 6.07) is 7.59. The number of rotatable bonds is 4. The molecule has 2 aromatic rings. The lowest BCUT2D eigenvalue weighted by Gasteiger charge is -2.23. The number of alkyl halides is 6. The van der Waals surface area contributed by atoms with E-state index in [-0.39, 0.29) is 18.6 Å². The Morgan fingerprint density at radius 2 is 1.73 bits per heavy atom. The third-order valence-electron chi connectivity index (χ3n) is 4.87. The summed E-state index contributed by atoms with van der Waals surface area (Å²) in [4.78, 5) is 0. The predicted octanol–water partition coefficient (Wildman–Crippen LogP) is 5.69. The second-order valence-electron chi connectivity index (χ2n) is 6.90. The molecular weight excluding hydrogens is 434 g/mol. The average Bonchev–Trinajstić information content (AvgIpc) is 3.11. The highest BCUT2D eigenvalue weighted by molar-refractivity contribution is 6.30. The second kappa shape index (κ2) is 8.36. The van der Waals surface area contributed by atoms with Gasteiger partial charge in [0.2, 0.25) is 0 Å². The first-order chi connectivity index (χ1) is 14.0. The number of nitrogens with zero attached hydrogens (tertiary/aromatic N) is 1. The molecule has 1 N–H and O–H groups in total. The molecule has 1 unspecified atom stereocenters. The van der Waals surface area contributed by atoms with E-state index in [9.17, 15) is 26.3 Å². The van der Waals surface area contributed by atoms with Crippen LogP contribution in [0, 0.1) is 11.3 Å². The molecule has 30 heavy (non-hydrogen) atoms. The van der Waals surface area contributed by atoms with Gasteiger partial charge in [0.1, 0.15) is 18.4 Å². The number of hydrogen-bond acceptors (Lipinski definition) is 3. The molecule has 3 nitrogen and oxygen atoms in total. The number of benzene rings is 2. The van der Waals surface area contributed by atoms with Crippen LogP contribution >= 0.6 is 11.6 Å². The Bertz CT molecular complexity index is 936. The van der Waals surface area contributed by atoms with Crippen LogP contribution in [0.2, 0.25) is 5.02 Å². The van der Waals surface area contributed by atoms with Crippen molar-refractivity contribution in [3.8, 4) is 11.8 Å². The lowest BCUT2D eigenvalue weighted by Crippen LogP contribution is -2.44. The highest BCUT2D eigenvalue weighted by Gasteiger charge is 2.51. The molecule has 0 saturated carbocycles. The smallest absolute Gasteiger partial charge is 0.417 e. The fourth-order valence-corrected chi connectivity index (χ4v) is 3.63. The lowest BCUT2D eigenvalue weighted by molar-refractivity contribution is -0.156. The van der Waals surface area contributed by atoms with Gasteiger partial charge in [-0.25, -0.2) is 0 Å². The summed E-state index contributed by atoms with van der Waals surface area (Å²) in [6.07, 6.45) is -9.61. The Morgan fingerprint density at radius 3 is 2.30 bits per heavy atom. The monoisotopic (exact) mass is 448 g/mol. The minimum Gasteiger partial charge on any atom is -0.492 e. The van der Waals surface area contributed by atoms with Gasteiger partial charge in [-0.05, 0) is 48.4 Å². The largest absolute Gasteiger partial charge is 0.492 e. The summed E-state index contributed by atoms with van der Waals surface area (Å²) in [5.74, 6) is -0.844. The molecular formula is C20H15ClF6N2O. The zero-order valence-electron chi connectivity index (χ0n) is 15.2. The lowest BCUT2D eigenvalue weighted by atomic mass is 9.88. The van der Waals surface area contributed by atoms with Crippen LogP contribution < -0.4 is 10.1 Å². The van der Waals surface area contributed by atoms with Gasteiger partial charge in [0.05, 0.1) is 17.2 Å². The molecule has 0 radical (unpaired) electrons. The van der Waals surface area contributed by atoms with Gasteiger partial charge in [-0.2, -0.15) is 31.6 Å². The number of ether oxygens (including phenoxy) is 1. The summed E-state index contributed by atoms with van der Waals surface area (Å²) in [6.45, 7) is -0.104. The number of halogens is 7. The summed E-state index contributed by atoms with van der Waals surface area (Å²) >= 11 is 5.77. The molecule has 0 bridgehead atoms. The van der Waals surface area contributed by atoms with Gasteiger partial charge in [0.15, 0.2) is 0 Å². The SMILES string of the molecule is N#Cc1ccc(C2C[C@@H](COc3ccc(Cl)cc3)N[C@H]2C(F)(F)F)cc1C(F)(F)F. The standard InChI is InChI=1S/C20H15ClF6N2O/c21-13-3-5-15(6-4-13)30-10-14-8-16(18(29-14)20(25,26)27)11-1-2-12(9-28)17(7-11)19(22,23)24/h1-7,14,16,18,29H,8,10H2/t14-,16?,18+/m0/s1. The minimum atomic E-state index is -4.85. The van der Waals surface area contributed by atoms with E-state index < -0.39 is 41.5 Å². The molecule has 1 heterocycles. The maximum absolute atomic E-state index is 13.6. The van der Waals surface area contributed by atoms with Crippen molar-refractivity contribution in [1.82, 2.24) is 5.32 Å². The Balaban J connectivity index is 1.84. The molecule has 0 aliphatic carbocycles. The Kier molecular flexibility index (Phi) is 6.20. The van der Waals surface area contributed by atoms with E-state index >= 15 is 0 Å². The first-order valence-corrected chi connectivity index (χ1v) is 9.19. The summed E-state index contributed by atoms with van der Waals surface area (Å²) in [5.41, 5.74) is -2.02. The van der Waals surface area contributed by atoms with E-state index in [0.29, 0.717) is 16.8 Å². The van der Waals surface area contributed by atoms with Crippen LogP contribution in [-0.2, 0) is 6.18 Å². The van der Waals surface area contributed by atoms with Crippen LogP contribution in [0.25, 0.3) is 0 Å². The van der Waals surface area contributed by atoms with Gasteiger partial charge in [0, 0.05) is 17.0 Å². The first-order valence-electron chi connectivity index (χ1n) is 8.81. The quantitative estimate of drug-likeness (QED) is 0.611. The van der Waals surface area contributed by atoms with Gasteiger partial charge in [-0.15, -0.1) is 0 Å². The van der Waals surface area contributed by atoms with Crippen LogP contribution in [0.4, 0.5) is 26.3 Å². The minimum absolute atomic E-state index is 0.0824. The summed E-state index contributed by atoms with van der Waals surface area (Å²) < 4.78 is 85.9. The molecule has 3 rings (SSSR count). The van der Waals surface area contributed by atoms with Gasteiger partial charge < -0.3 is 4.74 Å². The second-order valence-corrected chi connectivity index (χ2v) is 7.34. The predicted molar refractivity (Wildman–Crippen MR) is 97.2 cm³/mol. The fraction of sp³-hybridized carbons (Fsp3) is 0.350. The Morgan fingerprint density at radius 1 is 1.07 bits per heavy atom. The van der Waals surface area contributed by atoms with Crippen molar-refractivity contribution in [2.45, 2.75) is 36.8 Å². The Labute approximate surface area is 173 Å². The maximum atomic E-state index is 13.6. The zero-order chi connectivity index (χ0) is 22.1. The molecule has 0 amide bonds. The highest BCUT2D eigenvalue weighted by atomic mass is 35.5. The van der Waals surface area contributed by atoms with Crippen molar-refractivity contribution in [1.29, 1.82) is 5.26 Å². The van der Waals surface area contributed by atoms with E-state index in [0.717, 1.165) is 12.1 Å². The molecule has 1 fully saturated rings. The zero-order valence-corrected chi connectivity index (χ0v) is 15.9. The number of hydrogen-bond donors (Lipinski definition) is 1. The molecule has 2 aromatic carbocycles. The molecule has 10 heteroatoms. The molecule has 0 spiro atoms. The van der Waals surface area contributed by atoms with Crippen LogP contribution in [-0.4, -0.2) is 24.9 Å². The topological polar surface area (TPSA) is 45.0 Å². The molecule has 160 valence electrons. The average molecular weight is 449 g/mol. The van der Waals surface area contributed by atoms with Gasteiger partial charge in [0.25, 0.3) is 0 Å². The normalized spacial score (nSPS) is 22.0. The van der Waals surface area contributed by atoms with Crippen molar-refractivity contribution < 1.29 is 31.1 Å². The van der Waals surface area contributed by atoms with E-state index in [2.05, 4.69) is 5.32 Å². The first kappa shape index (κ1) is 22.2. The van der Waals surface area contributed by atoms with E-state index in [1.165, 1.54) is 6.07 Å². The Hall–Kier alpha value is -2.44. The van der Waals surface area contributed by atoms with Crippen molar-refractivity contribution in [2.24, 2.45) is 0 Å². The fourth-order valence-electron chi connectivity index (χ4n) is 3.50.